The van der Waals surface area contributed by atoms with Crippen LogP contribution in [0.5, 0.6) is 0 Å². The van der Waals surface area contributed by atoms with Crippen molar-refractivity contribution in [2.24, 2.45) is 0 Å². The van der Waals surface area contributed by atoms with Gasteiger partial charge >= 0.3 is 12.1 Å². The minimum Gasteiger partial charge on any atom is -0.481 e. The van der Waals surface area contributed by atoms with E-state index in [1.807, 2.05) is 0 Å². The molecular weight excluding hydrogens is 285 g/mol. The monoisotopic (exact) mass is 296 g/mol. The summed E-state index contributed by atoms with van der Waals surface area (Å²) in [5.41, 5.74) is 6.03. The van der Waals surface area contributed by atoms with Crippen molar-refractivity contribution >= 4 is 11.8 Å². The molecule has 0 amide bonds. The molecule has 0 spiro atoms. The Morgan fingerprint density at radius 2 is 1.86 bits per heavy atom. The average Bonchev–Trinajstić information content (AvgIpc) is 2.37. The fourth-order valence-electron chi connectivity index (χ4n) is 1.92. The largest absolute Gasteiger partial charge is 0.481 e. The summed E-state index contributed by atoms with van der Waals surface area (Å²) < 4.78 is 37.6. The van der Waals surface area contributed by atoms with Gasteiger partial charge in [-0.25, -0.2) is 4.98 Å². The van der Waals surface area contributed by atoms with E-state index in [-0.39, 0.29) is 12.2 Å². The standard InChI is InChI=1S/C14H11F3N2O2/c15-14(16,17)10-3-1-8(2-4-10)11-7-19-12(18)5-9(11)6-13(20)21/h1-5,7H,6H2,(H2,18,19)(H,20,21). The van der Waals surface area contributed by atoms with Crippen molar-refractivity contribution in [3.8, 4) is 11.1 Å². The highest BCUT2D eigenvalue weighted by molar-refractivity contribution is 5.77. The summed E-state index contributed by atoms with van der Waals surface area (Å²) in [4.78, 5) is 14.7. The highest BCUT2D eigenvalue weighted by Crippen LogP contribution is 2.32. The zero-order valence-electron chi connectivity index (χ0n) is 10.7. The minimum absolute atomic E-state index is 0.155. The van der Waals surface area contributed by atoms with E-state index < -0.39 is 17.7 Å². The molecule has 0 aliphatic heterocycles. The second kappa shape index (κ2) is 5.43. The number of nitrogen functional groups attached to an aromatic ring is 1. The van der Waals surface area contributed by atoms with Crippen molar-refractivity contribution in [1.82, 2.24) is 4.98 Å². The average molecular weight is 296 g/mol. The molecule has 2 rings (SSSR count). The molecule has 2 aromatic rings. The second-order valence-corrected chi connectivity index (χ2v) is 4.41. The molecule has 21 heavy (non-hydrogen) atoms. The van der Waals surface area contributed by atoms with Gasteiger partial charge in [0, 0.05) is 11.8 Å². The number of hydrogen-bond acceptors (Lipinski definition) is 3. The number of pyridine rings is 1. The first-order valence-corrected chi connectivity index (χ1v) is 5.91. The fraction of sp³-hybridized carbons (Fsp3) is 0.143. The van der Waals surface area contributed by atoms with Crippen LogP contribution >= 0.6 is 0 Å². The second-order valence-electron chi connectivity index (χ2n) is 4.41. The number of carbonyl (C=O) groups is 1. The van der Waals surface area contributed by atoms with Crippen molar-refractivity contribution in [1.29, 1.82) is 0 Å². The molecule has 1 heterocycles. The molecule has 0 atom stereocenters. The van der Waals surface area contributed by atoms with Crippen molar-refractivity contribution in [2.75, 3.05) is 5.73 Å². The molecule has 7 heteroatoms. The van der Waals surface area contributed by atoms with E-state index >= 15 is 0 Å². The Morgan fingerprint density at radius 1 is 1.24 bits per heavy atom. The summed E-state index contributed by atoms with van der Waals surface area (Å²) >= 11 is 0. The van der Waals surface area contributed by atoms with Gasteiger partial charge in [0.05, 0.1) is 12.0 Å². The van der Waals surface area contributed by atoms with Gasteiger partial charge < -0.3 is 10.8 Å². The number of aliphatic carboxylic acids is 1. The predicted octanol–water partition coefficient (Wildman–Crippen LogP) is 2.98. The molecule has 0 radical (unpaired) electrons. The molecule has 0 saturated heterocycles. The number of nitrogens with zero attached hydrogens (tertiary/aromatic N) is 1. The Balaban J connectivity index is 2.44. The SMILES string of the molecule is Nc1cc(CC(=O)O)c(-c2ccc(C(F)(F)F)cc2)cn1. The molecule has 0 aliphatic rings. The Kier molecular flexibility index (Phi) is 3.84. The van der Waals surface area contributed by atoms with Gasteiger partial charge in [0.15, 0.2) is 0 Å². The lowest BCUT2D eigenvalue weighted by Crippen LogP contribution is -2.05. The van der Waals surface area contributed by atoms with E-state index in [1.54, 1.807) is 0 Å². The van der Waals surface area contributed by atoms with Crippen LogP contribution in [0.1, 0.15) is 11.1 Å². The minimum atomic E-state index is -4.41. The molecule has 110 valence electrons. The maximum Gasteiger partial charge on any atom is 0.416 e. The number of halogens is 3. The number of benzene rings is 1. The Labute approximate surface area is 118 Å². The van der Waals surface area contributed by atoms with Gasteiger partial charge in [0.25, 0.3) is 0 Å². The Bertz CT molecular complexity index is 667. The van der Waals surface area contributed by atoms with Crippen molar-refractivity contribution in [2.45, 2.75) is 12.6 Å². The molecule has 0 unspecified atom stereocenters. The zero-order chi connectivity index (χ0) is 15.6. The van der Waals surface area contributed by atoms with E-state index in [0.29, 0.717) is 16.7 Å². The van der Waals surface area contributed by atoms with Crippen LogP contribution in [0.3, 0.4) is 0 Å². The van der Waals surface area contributed by atoms with Gasteiger partial charge in [-0.15, -0.1) is 0 Å². The molecule has 0 saturated carbocycles. The van der Waals surface area contributed by atoms with Crippen LogP contribution in [0.4, 0.5) is 19.0 Å². The molecule has 0 bridgehead atoms. The molecule has 4 nitrogen and oxygen atoms in total. The van der Waals surface area contributed by atoms with Crippen molar-refractivity contribution < 1.29 is 23.1 Å². The van der Waals surface area contributed by atoms with Gasteiger partial charge in [0.2, 0.25) is 0 Å². The predicted molar refractivity (Wildman–Crippen MR) is 70.4 cm³/mol. The smallest absolute Gasteiger partial charge is 0.416 e. The van der Waals surface area contributed by atoms with Gasteiger partial charge in [-0.05, 0) is 29.3 Å². The van der Waals surface area contributed by atoms with E-state index in [2.05, 4.69) is 4.98 Å². The first-order chi connectivity index (χ1) is 9.77. The molecule has 0 aliphatic carbocycles. The first kappa shape index (κ1) is 14.8. The highest BCUT2D eigenvalue weighted by Gasteiger charge is 2.30. The molecule has 0 fully saturated rings. The fourth-order valence-corrected chi connectivity index (χ4v) is 1.92. The third-order valence-corrected chi connectivity index (χ3v) is 2.88. The lowest BCUT2D eigenvalue weighted by Gasteiger charge is -2.10. The van der Waals surface area contributed by atoms with Crippen LogP contribution in [-0.2, 0) is 17.4 Å². The van der Waals surface area contributed by atoms with Crippen LogP contribution in [0, 0.1) is 0 Å². The maximum absolute atomic E-state index is 12.5. The van der Waals surface area contributed by atoms with Gasteiger partial charge in [-0.2, -0.15) is 13.2 Å². The van der Waals surface area contributed by atoms with Gasteiger partial charge in [0.1, 0.15) is 5.82 Å². The summed E-state index contributed by atoms with van der Waals surface area (Å²) in [5, 5.41) is 8.87. The summed E-state index contributed by atoms with van der Waals surface area (Å²) in [6.45, 7) is 0. The van der Waals surface area contributed by atoms with Crippen molar-refractivity contribution in [3.63, 3.8) is 0 Å². The third-order valence-electron chi connectivity index (χ3n) is 2.88. The quantitative estimate of drug-likeness (QED) is 0.913. The number of nitrogens with two attached hydrogens (primary N) is 1. The number of alkyl halides is 3. The highest BCUT2D eigenvalue weighted by atomic mass is 19.4. The molecule has 1 aromatic carbocycles. The number of hydrogen-bond donors (Lipinski definition) is 2. The Morgan fingerprint density at radius 3 is 2.38 bits per heavy atom. The summed E-state index contributed by atoms with van der Waals surface area (Å²) in [6.07, 6.45) is -3.35. The topological polar surface area (TPSA) is 76.2 Å². The zero-order valence-corrected chi connectivity index (χ0v) is 10.7. The number of carboxylic acids is 1. The first-order valence-electron chi connectivity index (χ1n) is 5.91. The van der Waals surface area contributed by atoms with E-state index in [9.17, 15) is 18.0 Å². The molecular formula is C14H11F3N2O2. The number of anilines is 1. The summed E-state index contributed by atoms with van der Waals surface area (Å²) in [6, 6.07) is 5.84. The van der Waals surface area contributed by atoms with E-state index in [0.717, 1.165) is 12.1 Å². The molecule has 3 N–H and O–H groups in total. The van der Waals surface area contributed by atoms with Crippen LogP contribution < -0.4 is 5.73 Å². The third kappa shape index (κ3) is 3.50. The number of carboxylic acid groups (broad SMARTS) is 1. The van der Waals surface area contributed by atoms with E-state index in [1.165, 1.54) is 24.4 Å². The van der Waals surface area contributed by atoms with E-state index in [4.69, 9.17) is 10.8 Å². The van der Waals surface area contributed by atoms with Crippen LogP contribution in [0.15, 0.2) is 36.5 Å². The Hall–Kier alpha value is -2.57. The van der Waals surface area contributed by atoms with Gasteiger partial charge in [-0.1, -0.05) is 12.1 Å². The summed E-state index contributed by atoms with van der Waals surface area (Å²) in [5.74, 6) is -0.907. The van der Waals surface area contributed by atoms with Crippen LogP contribution in [0.25, 0.3) is 11.1 Å². The summed E-state index contributed by atoms with van der Waals surface area (Å²) in [7, 11) is 0. The lowest BCUT2D eigenvalue weighted by molar-refractivity contribution is -0.138. The number of rotatable bonds is 3. The normalized spacial score (nSPS) is 11.4. The molecule has 1 aromatic heterocycles. The van der Waals surface area contributed by atoms with Crippen molar-refractivity contribution in [3.05, 3.63) is 47.7 Å². The van der Waals surface area contributed by atoms with Crippen LogP contribution in [-0.4, -0.2) is 16.1 Å². The number of aromatic nitrogens is 1. The maximum atomic E-state index is 12.5. The van der Waals surface area contributed by atoms with Crippen LogP contribution in [0.2, 0.25) is 0 Å². The van der Waals surface area contributed by atoms with Gasteiger partial charge in [-0.3, -0.25) is 4.79 Å². The lowest BCUT2D eigenvalue weighted by atomic mass is 9.98.